The third-order valence-corrected chi connectivity index (χ3v) is 3.53. The van der Waals surface area contributed by atoms with Crippen molar-refractivity contribution in [3.8, 4) is 0 Å². The van der Waals surface area contributed by atoms with E-state index >= 15 is 0 Å². The van der Waals surface area contributed by atoms with Gasteiger partial charge in [0.25, 0.3) is 5.91 Å². The molecule has 0 heterocycles. The normalized spacial score (nSPS) is 11.7. The van der Waals surface area contributed by atoms with Gasteiger partial charge in [0, 0.05) is 16.8 Å². The second-order valence-corrected chi connectivity index (χ2v) is 5.43. The summed E-state index contributed by atoms with van der Waals surface area (Å²) in [7, 11) is 0. The lowest BCUT2D eigenvalue weighted by Crippen LogP contribution is -2.30. The van der Waals surface area contributed by atoms with Gasteiger partial charge in [0.15, 0.2) is 17.7 Å². The molecular weight excluding hydrogens is 340 g/mol. The lowest BCUT2D eigenvalue weighted by molar-refractivity contribution is -0.152. The van der Waals surface area contributed by atoms with Gasteiger partial charge in [-0.15, -0.1) is 0 Å². The maximum absolute atomic E-state index is 13.1. The van der Waals surface area contributed by atoms with Crippen molar-refractivity contribution >= 4 is 29.2 Å². The summed E-state index contributed by atoms with van der Waals surface area (Å²) in [4.78, 5) is 23.8. The number of carbonyl (C=O) groups is 2. The van der Waals surface area contributed by atoms with Gasteiger partial charge >= 0.3 is 5.97 Å². The van der Waals surface area contributed by atoms with E-state index in [1.807, 2.05) is 0 Å². The first kappa shape index (κ1) is 17.9. The molecule has 1 amide bonds. The van der Waals surface area contributed by atoms with E-state index in [0.717, 1.165) is 12.1 Å². The Labute approximate surface area is 142 Å². The first-order valence-corrected chi connectivity index (χ1v) is 7.43. The van der Waals surface area contributed by atoms with E-state index in [1.165, 1.54) is 13.0 Å². The van der Waals surface area contributed by atoms with Crippen LogP contribution in [-0.2, 0) is 20.7 Å². The predicted octanol–water partition coefficient (Wildman–Crippen LogP) is 3.73. The minimum Gasteiger partial charge on any atom is -0.452 e. The SMILES string of the molecule is C[C@@H](OC(=O)Cc1ccccc1Cl)C(=O)Nc1ccc(F)c(F)c1. The number of hydrogen-bond acceptors (Lipinski definition) is 3. The molecule has 0 bridgehead atoms. The van der Waals surface area contributed by atoms with Crippen LogP contribution in [0, 0.1) is 11.6 Å². The number of carbonyl (C=O) groups excluding carboxylic acids is 2. The Morgan fingerprint density at radius 3 is 2.54 bits per heavy atom. The molecule has 0 radical (unpaired) electrons. The Balaban J connectivity index is 1.92. The smallest absolute Gasteiger partial charge is 0.311 e. The van der Waals surface area contributed by atoms with Crippen LogP contribution in [0.25, 0.3) is 0 Å². The maximum Gasteiger partial charge on any atom is 0.311 e. The van der Waals surface area contributed by atoms with E-state index in [2.05, 4.69) is 5.32 Å². The molecule has 1 atom stereocenters. The third kappa shape index (κ3) is 4.76. The fraction of sp³-hybridized carbons (Fsp3) is 0.176. The van der Waals surface area contributed by atoms with Crippen molar-refractivity contribution in [3.63, 3.8) is 0 Å². The van der Waals surface area contributed by atoms with Crippen LogP contribution in [-0.4, -0.2) is 18.0 Å². The highest BCUT2D eigenvalue weighted by atomic mass is 35.5. The molecule has 1 N–H and O–H groups in total. The number of halogens is 3. The lowest BCUT2D eigenvalue weighted by atomic mass is 10.1. The van der Waals surface area contributed by atoms with E-state index < -0.39 is 29.6 Å². The highest BCUT2D eigenvalue weighted by molar-refractivity contribution is 6.31. The number of ether oxygens (including phenoxy) is 1. The highest BCUT2D eigenvalue weighted by Gasteiger charge is 2.19. The molecule has 7 heteroatoms. The zero-order valence-electron chi connectivity index (χ0n) is 12.7. The Kier molecular flexibility index (Phi) is 5.87. The Morgan fingerprint density at radius 2 is 1.88 bits per heavy atom. The van der Waals surface area contributed by atoms with Crippen LogP contribution in [0.4, 0.5) is 14.5 Å². The van der Waals surface area contributed by atoms with Crippen LogP contribution in [0.2, 0.25) is 5.02 Å². The molecule has 24 heavy (non-hydrogen) atoms. The Bertz CT molecular complexity index is 767. The number of esters is 1. The molecule has 0 fully saturated rings. The first-order valence-electron chi connectivity index (χ1n) is 7.05. The monoisotopic (exact) mass is 353 g/mol. The van der Waals surface area contributed by atoms with Crippen LogP contribution < -0.4 is 5.32 Å². The van der Waals surface area contributed by atoms with Crippen molar-refractivity contribution in [2.45, 2.75) is 19.4 Å². The van der Waals surface area contributed by atoms with E-state index in [0.29, 0.717) is 10.6 Å². The maximum atomic E-state index is 13.1. The largest absolute Gasteiger partial charge is 0.452 e. The minimum atomic E-state index is -1.10. The highest BCUT2D eigenvalue weighted by Crippen LogP contribution is 2.17. The quantitative estimate of drug-likeness (QED) is 0.833. The Morgan fingerprint density at radius 1 is 1.17 bits per heavy atom. The zero-order valence-corrected chi connectivity index (χ0v) is 13.4. The molecule has 2 rings (SSSR count). The Hall–Kier alpha value is -2.47. The molecule has 2 aromatic carbocycles. The number of anilines is 1. The van der Waals surface area contributed by atoms with Crippen LogP contribution in [0.3, 0.4) is 0 Å². The van der Waals surface area contributed by atoms with Crippen molar-refractivity contribution < 1.29 is 23.1 Å². The van der Waals surface area contributed by atoms with E-state index in [1.54, 1.807) is 24.3 Å². The second kappa shape index (κ2) is 7.88. The van der Waals surface area contributed by atoms with Gasteiger partial charge in [0.05, 0.1) is 6.42 Å². The first-order chi connectivity index (χ1) is 11.4. The van der Waals surface area contributed by atoms with Gasteiger partial charge in [-0.05, 0) is 30.7 Å². The molecule has 0 unspecified atom stereocenters. The third-order valence-electron chi connectivity index (χ3n) is 3.16. The van der Waals surface area contributed by atoms with Crippen molar-refractivity contribution in [3.05, 3.63) is 64.7 Å². The summed E-state index contributed by atoms with van der Waals surface area (Å²) in [6.07, 6.45) is -1.18. The average molecular weight is 354 g/mol. The van der Waals surface area contributed by atoms with Gasteiger partial charge in [-0.25, -0.2) is 8.78 Å². The van der Waals surface area contributed by atoms with E-state index in [4.69, 9.17) is 16.3 Å². The van der Waals surface area contributed by atoms with E-state index in [-0.39, 0.29) is 12.1 Å². The molecule has 2 aromatic rings. The van der Waals surface area contributed by atoms with E-state index in [9.17, 15) is 18.4 Å². The molecule has 4 nitrogen and oxygen atoms in total. The average Bonchev–Trinajstić information content (AvgIpc) is 2.53. The summed E-state index contributed by atoms with van der Waals surface area (Å²) in [6, 6.07) is 9.71. The molecule has 126 valence electrons. The predicted molar refractivity (Wildman–Crippen MR) is 85.7 cm³/mol. The van der Waals surface area contributed by atoms with Crippen molar-refractivity contribution in [1.82, 2.24) is 0 Å². The second-order valence-electron chi connectivity index (χ2n) is 5.02. The van der Waals surface area contributed by atoms with Crippen LogP contribution in [0.15, 0.2) is 42.5 Å². The summed E-state index contributed by atoms with van der Waals surface area (Å²) in [5, 5.41) is 2.77. The summed E-state index contributed by atoms with van der Waals surface area (Å²) in [5.74, 6) is -3.40. The topological polar surface area (TPSA) is 55.4 Å². The standard InChI is InChI=1S/C17H14ClF2NO3/c1-10(17(23)21-12-6-7-14(19)15(20)9-12)24-16(22)8-11-4-2-3-5-13(11)18/h2-7,9-10H,8H2,1H3,(H,21,23)/t10-/m1/s1. The van der Waals surface area contributed by atoms with Gasteiger partial charge in [-0.3, -0.25) is 9.59 Å². The fourth-order valence-electron chi connectivity index (χ4n) is 1.91. The summed E-state index contributed by atoms with van der Waals surface area (Å²) < 4.78 is 31.0. The number of amides is 1. The molecule has 0 saturated carbocycles. The molecule has 0 aliphatic carbocycles. The van der Waals surface area contributed by atoms with Crippen LogP contribution in [0.1, 0.15) is 12.5 Å². The summed E-state index contributed by atoms with van der Waals surface area (Å²) in [6.45, 7) is 1.37. The molecule has 0 saturated heterocycles. The van der Waals surface area contributed by atoms with Crippen molar-refractivity contribution in [1.29, 1.82) is 0 Å². The van der Waals surface area contributed by atoms with Crippen molar-refractivity contribution in [2.75, 3.05) is 5.32 Å². The number of nitrogens with one attached hydrogen (secondary N) is 1. The summed E-state index contributed by atoms with van der Waals surface area (Å²) >= 11 is 5.95. The summed E-state index contributed by atoms with van der Waals surface area (Å²) in [5.41, 5.74) is 0.644. The number of rotatable bonds is 5. The van der Waals surface area contributed by atoms with Gasteiger partial charge < -0.3 is 10.1 Å². The molecule has 0 aliphatic heterocycles. The lowest BCUT2D eigenvalue weighted by Gasteiger charge is -2.14. The minimum absolute atomic E-state index is 0.0629. The van der Waals surface area contributed by atoms with Crippen LogP contribution in [0.5, 0.6) is 0 Å². The van der Waals surface area contributed by atoms with Crippen LogP contribution >= 0.6 is 11.6 Å². The molecule has 0 aliphatic rings. The van der Waals surface area contributed by atoms with Gasteiger partial charge in [-0.1, -0.05) is 29.8 Å². The molecule has 0 spiro atoms. The molecular formula is C17H14ClF2NO3. The van der Waals surface area contributed by atoms with Gasteiger partial charge in [0.1, 0.15) is 0 Å². The van der Waals surface area contributed by atoms with Crippen molar-refractivity contribution in [2.24, 2.45) is 0 Å². The van der Waals surface area contributed by atoms with Gasteiger partial charge in [-0.2, -0.15) is 0 Å². The number of hydrogen-bond donors (Lipinski definition) is 1. The zero-order chi connectivity index (χ0) is 17.7. The molecule has 0 aromatic heterocycles. The van der Waals surface area contributed by atoms with Gasteiger partial charge in [0.2, 0.25) is 0 Å². The number of benzene rings is 2. The fourth-order valence-corrected chi connectivity index (χ4v) is 2.11.